The van der Waals surface area contributed by atoms with Crippen LogP contribution < -0.4 is 21.5 Å². The molecule has 0 amide bonds. The fourth-order valence-corrected chi connectivity index (χ4v) is 1.67. The maximum absolute atomic E-state index is 5.78. The summed E-state index contributed by atoms with van der Waals surface area (Å²) in [7, 11) is 0. The molecule has 0 saturated heterocycles. The van der Waals surface area contributed by atoms with E-state index in [0.29, 0.717) is 17.3 Å². The molecule has 0 radical (unpaired) electrons. The third-order valence-corrected chi connectivity index (χ3v) is 2.98. The molecule has 0 bridgehead atoms. The van der Waals surface area contributed by atoms with Gasteiger partial charge in [-0.1, -0.05) is 13.0 Å². The van der Waals surface area contributed by atoms with E-state index in [-0.39, 0.29) is 6.10 Å². The van der Waals surface area contributed by atoms with Crippen molar-refractivity contribution in [3.63, 3.8) is 0 Å². The van der Waals surface area contributed by atoms with E-state index in [4.69, 9.17) is 16.2 Å². The van der Waals surface area contributed by atoms with Gasteiger partial charge in [0.05, 0.1) is 11.8 Å². The van der Waals surface area contributed by atoms with Crippen LogP contribution in [0.5, 0.6) is 5.75 Å². The van der Waals surface area contributed by atoms with Crippen molar-refractivity contribution in [2.24, 2.45) is 0 Å². The molecular formula is C15H20N4O. The van der Waals surface area contributed by atoms with Gasteiger partial charge in [0, 0.05) is 11.8 Å². The van der Waals surface area contributed by atoms with Crippen molar-refractivity contribution in [1.82, 2.24) is 4.98 Å². The molecule has 0 saturated carbocycles. The number of nitrogen functional groups attached to an aromatic ring is 2. The van der Waals surface area contributed by atoms with Crippen LogP contribution >= 0.6 is 0 Å². The molecule has 5 nitrogen and oxygen atoms in total. The molecule has 5 heteroatoms. The average molecular weight is 272 g/mol. The van der Waals surface area contributed by atoms with Crippen molar-refractivity contribution in [2.45, 2.75) is 26.4 Å². The second-order valence-electron chi connectivity index (χ2n) is 4.66. The fourth-order valence-electron chi connectivity index (χ4n) is 1.67. The summed E-state index contributed by atoms with van der Waals surface area (Å²) in [6.07, 6.45) is 1.16. The number of nitrogens with one attached hydrogen (secondary N) is 1. The SMILES string of the molecule is CCC(C)Oc1cccc(Nc2ccc(N)c(N)n2)c1. The highest BCUT2D eigenvalue weighted by Crippen LogP contribution is 2.23. The molecule has 1 unspecified atom stereocenters. The molecule has 0 aliphatic heterocycles. The largest absolute Gasteiger partial charge is 0.491 e. The number of pyridine rings is 1. The minimum atomic E-state index is 0.190. The van der Waals surface area contributed by atoms with Crippen LogP contribution in [-0.2, 0) is 0 Å². The summed E-state index contributed by atoms with van der Waals surface area (Å²) >= 11 is 0. The monoisotopic (exact) mass is 272 g/mol. The van der Waals surface area contributed by atoms with E-state index in [1.54, 1.807) is 12.1 Å². The first-order chi connectivity index (χ1) is 9.58. The summed E-state index contributed by atoms with van der Waals surface area (Å²) in [5, 5.41) is 3.18. The lowest BCUT2D eigenvalue weighted by Gasteiger charge is -2.14. The molecule has 1 aromatic carbocycles. The molecule has 106 valence electrons. The van der Waals surface area contributed by atoms with E-state index in [9.17, 15) is 0 Å². The molecule has 1 atom stereocenters. The van der Waals surface area contributed by atoms with Gasteiger partial charge in [-0.3, -0.25) is 0 Å². The number of hydrogen-bond donors (Lipinski definition) is 3. The molecule has 0 fully saturated rings. The summed E-state index contributed by atoms with van der Waals surface area (Å²) in [5.41, 5.74) is 12.7. The highest BCUT2D eigenvalue weighted by molar-refractivity contribution is 5.65. The third-order valence-electron chi connectivity index (χ3n) is 2.98. The number of anilines is 4. The Bertz CT molecular complexity index is 586. The number of nitrogens with zero attached hydrogens (tertiary/aromatic N) is 1. The highest BCUT2D eigenvalue weighted by atomic mass is 16.5. The normalized spacial score (nSPS) is 11.9. The van der Waals surface area contributed by atoms with Crippen LogP contribution in [0.15, 0.2) is 36.4 Å². The van der Waals surface area contributed by atoms with Crippen molar-refractivity contribution in [3.8, 4) is 5.75 Å². The molecule has 0 aliphatic rings. The van der Waals surface area contributed by atoms with Crippen LogP contribution in [0.25, 0.3) is 0 Å². The Morgan fingerprint density at radius 3 is 2.75 bits per heavy atom. The van der Waals surface area contributed by atoms with Crippen LogP contribution in [0.1, 0.15) is 20.3 Å². The highest BCUT2D eigenvalue weighted by Gasteiger charge is 2.04. The predicted octanol–water partition coefficient (Wildman–Crippen LogP) is 3.17. The van der Waals surface area contributed by atoms with Gasteiger partial charge in [-0.05, 0) is 37.6 Å². The van der Waals surface area contributed by atoms with Crippen LogP contribution in [0.4, 0.5) is 23.0 Å². The summed E-state index contributed by atoms with van der Waals surface area (Å²) in [5.74, 6) is 1.80. The first kappa shape index (κ1) is 14.0. The van der Waals surface area contributed by atoms with Crippen molar-refractivity contribution in [3.05, 3.63) is 36.4 Å². The zero-order valence-electron chi connectivity index (χ0n) is 11.8. The molecular weight excluding hydrogens is 252 g/mol. The summed E-state index contributed by atoms with van der Waals surface area (Å²) in [4.78, 5) is 4.18. The lowest BCUT2D eigenvalue weighted by molar-refractivity contribution is 0.217. The number of benzene rings is 1. The summed E-state index contributed by atoms with van der Waals surface area (Å²) < 4.78 is 5.78. The molecule has 2 rings (SSSR count). The Morgan fingerprint density at radius 2 is 2.05 bits per heavy atom. The van der Waals surface area contributed by atoms with E-state index in [0.717, 1.165) is 17.9 Å². The van der Waals surface area contributed by atoms with Gasteiger partial charge in [-0.2, -0.15) is 0 Å². The Labute approximate surface area is 119 Å². The van der Waals surface area contributed by atoms with Gasteiger partial charge in [-0.15, -0.1) is 0 Å². The van der Waals surface area contributed by atoms with Crippen molar-refractivity contribution < 1.29 is 4.74 Å². The zero-order valence-corrected chi connectivity index (χ0v) is 11.8. The first-order valence-corrected chi connectivity index (χ1v) is 6.64. The minimum Gasteiger partial charge on any atom is -0.491 e. The molecule has 0 aliphatic carbocycles. The molecule has 0 spiro atoms. The second-order valence-corrected chi connectivity index (χ2v) is 4.66. The third kappa shape index (κ3) is 3.54. The number of nitrogens with two attached hydrogens (primary N) is 2. The van der Waals surface area contributed by atoms with E-state index < -0.39 is 0 Å². The van der Waals surface area contributed by atoms with Gasteiger partial charge in [0.25, 0.3) is 0 Å². The maximum atomic E-state index is 5.78. The van der Waals surface area contributed by atoms with E-state index in [1.165, 1.54) is 0 Å². The Balaban J connectivity index is 2.12. The smallest absolute Gasteiger partial charge is 0.149 e. The number of ether oxygens (including phenoxy) is 1. The lowest BCUT2D eigenvalue weighted by Crippen LogP contribution is -2.09. The van der Waals surface area contributed by atoms with Crippen LogP contribution in [0.2, 0.25) is 0 Å². The van der Waals surface area contributed by atoms with Crippen LogP contribution in [0.3, 0.4) is 0 Å². The van der Waals surface area contributed by atoms with E-state index in [1.807, 2.05) is 31.2 Å². The summed E-state index contributed by atoms with van der Waals surface area (Å²) in [6, 6.07) is 11.2. The second kappa shape index (κ2) is 6.14. The van der Waals surface area contributed by atoms with Gasteiger partial charge in [0.1, 0.15) is 17.4 Å². The number of hydrogen-bond acceptors (Lipinski definition) is 5. The molecule has 1 heterocycles. The Kier molecular flexibility index (Phi) is 4.30. The first-order valence-electron chi connectivity index (χ1n) is 6.64. The van der Waals surface area contributed by atoms with Gasteiger partial charge < -0.3 is 21.5 Å². The molecule has 2 aromatic rings. The molecule has 5 N–H and O–H groups in total. The molecule has 20 heavy (non-hydrogen) atoms. The van der Waals surface area contributed by atoms with Gasteiger partial charge in [0.15, 0.2) is 0 Å². The Hall–Kier alpha value is -2.43. The average Bonchev–Trinajstić information content (AvgIpc) is 2.43. The topological polar surface area (TPSA) is 86.2 Å². The number of aromatic nitrogens is 1. The van der Waals surface area contributed by atoms with Gasteiger partial charge in [0.2, 0.25) is 0 Å². The van der Waals surface area contributed by atoms with Crippen molar-refractivity contribution in [2.75, 3.05) is 16.8 Å². The summed E-state index contributed by atoms with van der Waals surface area (Å²) in [6.45, 7) is 4.14. The molecule has 1 aromatic heterocycles. The fraction of sp³-hybridized carbons (Fsp3) is 0.267. The standard InChI is InChI=1S/C15H20N4O/c1-3-10(2)20-12-6-4-5-11(9-12)18-14-8-7-13(16)15(17)19-14/h4-10H,3,16H2,1-2H3,(H3,17,18,19). The number of rotatable bonds is 5. The van der Waals surface area contributed by atoms with Crippen LogP contribution in [-0.4, -0.2) is 11.1 Å². The minimum absolute atomic E-state index is 0.190. The van der Waals surface area contributed by atoms with E-state index in [2.05, 4.69) is 17.2 Å². The predicted molar refractivity (Wildman–Crippen MR) is 83.2 cm³/mol. The van der Waals surface area contributed by atoms with Gasteiger partial charge in [-0.25, -0.2) is 4.98 Å². The maximum Gasteiger partial charge on any atom is 0.149 e. The Morgan fingerprint density at radius 1 is 1.25 bits per heavy atom. The lowest BCUT2D eigenvalue weighted by atomic mass is 10.2. The van der Waals surface area contributed by atoms with Crippen molar-refractivity contribution in [1.29, 1.82) is 0 Å². The van der Waals surface area contributed by atoms with Gasteiger partial charge >= 0.3 is 0 Å². The van der Waals surface area contributed by atoms with Crippen molar-refractivity contribution >= 4 is 23.0 Å². The van der Waals surface area contributed by atoms with Crippen LogP contribution in [0, 0.1) is 0 Å². The quantitative estimate of drug-likeness (QED) is 0.778. The zero-order chi connectivity index (χ0) is 14.5. The van der Waals surface area contributed by atoms with E-state index >= 15 is 0 Å².